The molecule has 0 saturated carbocycles. The van der Waals surface area contributed by atoms with Crippen molar-refractivity contribution in [3.8, 4) is 0 Å². The van der Waals surface area contributed by atoms with Gasteiger partial charge in [-0.25, -0.2) is 5.90 Å². The standard InChI is InChI=1S/C8H20N2O3/c1-7(5-9)12-4-3-11-6-8(2)13-10/h7-8H,3-6,9-10H2,1-2H3. The van der Waals surface area contributed by atoms with Crippen molar-refractivity contribution in [1.82, 2.24) is 0 Å². The first-order chi connectivity index (χ1) is 6.20. The van der Waals surface area contributed by atoms with E-state index in [1.165, 1.54) is 0 Å². The second-order valence-electron chi connectivity index (χ2n) is 2.94. The van der Waals surface area contributed by atoms with Crippen molar-refractivity contribution in [1.29, 1.82) is 0 Å². The summed E-state index contributed by atoms with van der Waals surface area (Å²) in [7, 11) is 0. The minimum Gasteiger partial charge on any atom is -0.376 e. The lowest BCUT2D eigenvalue weighted by molar-refractivity contribution is -0.0330. The van der Waals surface area contributed by atoms with E-state index in [4.69, 9.17) is 21.1 Å². The van der Waals surface area contributed by atoms with E-state index in [1.54, 1.807) is 0 Å². The molecule has 0 spiro atoms. The molecule has 0 aromatic carbocycles. The highest BCUT2D eigenvalue weighted by molar-refractivity contribution is 4.48. The lowest BCUT2D eigenvalue weighted by Gasteiger charge is -2.12. The number of hydrogen-bond acceptors (Lipinski definition) is 5. The molecule has 0 radical (unpaired) electrons. The fourth-order valence-electron chi connectivity index (χ4n) is 0.665. The molecule has 0 aliphatic heterocycles. The van der Waals surface area contributed by atoms with Crippen molar-refractivity contribution in [3.05, 3.63) is 0 Å². The quantitative estimate of drug-likeness (QED) is 0.406. The van der Waals surface area contributed by atoms with Crippen LogP contribution in [0.15, 0.2) is 0 Å². The van der Waals surface area contributed by atoms with Gasteiger partial charge in [-0.05, 0) is 13.8 Å². The maximum absolute atomic E-state index is 5.35. The summed E-state index contributed by atoms with van der Waals surface area (Å²) in [5, 5.41) is 0. The van der Waals surface area contributed by atoms with Crippen LogP contribution in [0.5, 0.6) is 0 Å². The third-order valence-corrected chi connectivity index (χ3v) is 1.55. The zero-order valence-electron chi connectivity index (χ0n) is 8.36. The summed E-state index contributed by atoms with van der Waals surface area (Å²) in [6.45, 7) is 5.86. The Balaban J connectivity index is 3.08. The Bertz CT molecular complexity index is 102. The number of nitrogens with two attached hydrogens (primary N) is 2. The molecule has 0 rings (SSSR count). The van der Waals surface area contributed by atoms with Gasteiger partial charge in [0.1, 0.15) is 0 Å². The molecule has 0 bridgehead atoms. The van der Waals surface area contributed by atoms with Crippen molar-refractivity contribution in [2.24, 2.45) is 11.6 Å². The van der Waals surface area contributed by atoms with Gasteiger partial charge >= 0.3 is 0 Å². The Morgan fingerprint density at radius 2 is 1.85 bits per heavy atom. The Morgan fingerprint density at radius 1 is 1.15 bits per heavy atom. The summed E-state index contributed by atoms with van der Waals surface area (Å²) in [5.74, 6) is 4.93. The van der Waals surface area contributed by atoms with E-state index >= 15 is 0 Å². The summed E-state index contributed by atoms with van der Waals surface area (Å²) in [6.07, 6.45) is 0.0127. The summed E-state index contributed by atoms with van der Waals surface area (Å²) < 4.78 is 10.5. The van der Waals surface area contributed by atoms with E-state index in [0.717, 1.165) is 0 Å². The Morgan fingerprint density at radius 3 is 2.38 bits per heavy atom. The van der Waals surface area contributed by atoms with Crippen LogP contribution in [0.2, 0.25) is 0 Å². The monoisotopic (exact) mass is 192 g/mol. The Kier molecular flexibility index (Phi) is 8.27. The van der Waals surface area contributed by atoms with Gasteiger partial charge in [0.2, 0.25) is 0 Å². The molecule has 5 heteroatoms. The van der Waals surface area contributed by atoms with Crippen LogP contribution in [-0.4, -0.2) is 38.6 Å². The van der Waals surface area contributed by atoms with Crippen LogP contribution < -0.4 is 11.6 Å². The van der Waals surface area contributed by atoms with Gasteiger partial charge in [-0.2, -0.15) is 0 Å². The Hall–Kier alpha value is -0.200. The molecule has 2 unspecified atom stereocenters. The van der Waals surface area contributed by atoms with E-state index in [9.17, 15) is 0 Å². The second-order valence-corrected chi connectivity index (χ2v) is 2.94. The second kappa shape index (κ2) is 8.40. The molecule has 0 fully saturated rings. The first-order valence-electron chi connectivity index (χ1n) is 4.45. The molecule has 13 heavy (non-hydrogen) atoms. The molecular formula is C8H20N2O3. The van der Waals surface area contributed by atoms with Crippen molar-refractivity contribution in [3.63, 3.8) is 0 Å². The molecule has 0 saturated heterocycles. The normalized spacial score (nSPS) is 15.7. The first-order valence-corrected chi connectivity index (χ1v) is 4.45. The van der Waals surface area contributed by atoms with Gasteiger partial charge in [-0.3, -0.25) is 4.84 Å². The summed E-state index contributed by atoms with van der Waals surface area (Å²) in [4.78, 5) is 4.51. The topological polar surface area (TPSA) is 79.7 Å². The SMILES string of the molecule is CC(COCCOC(C)CN)ON. The van der Waals surface area contributed by atoms with Crippen LogP contribution in [0.4, 0.5) is 0 Å². The number of hydrogen-bond donors (Lipinski definition) is 2. The lowest BCUT2D eigenvalue weighted by atomic mass is 10.4. The third kappa shape index (κ3) is 8.14. The molecule has 0 aromatic heterocycles. The fraction of sp³-hybridized carbons (Fsp3) is 1.00. The maximum atomic E-state index is 5.35. The molecule has 0 aliphatic carbocycles. The van der Waals surface area contributed by atoms with Gasteiger partial charge in [0.15, 0.2) is 0 Å². The van der Waals surface area contributed by atoms with Crippen LogP contribution in [0.25, 0.3) is 0 Å². The average molecular weight is 192 g/mol. The molecule has 4 N–H and O–H groups in total. The predicted molar refractivity (Wildman–Crippen MR) is 50.0 cm³/mol. The zero-order chi connectivity index (χ0) is 10.1. The van der Waals surface area contributed by atoms with Crippen LogP contribution in [0, 0.1) is 0 Å². The summed E-state index contributed by atoms with van der Waals surface area (Å²) in [5.41, 5.74) is 5.35. The smallest absolute Gasteiger partial charge is 0.0992 e. The minimum atomic E-state index is -0.0769. The molecule has 0 aliphatic rings. The van der Waals surface area contributed by atoms with Gasteiger partial charge in [-0.15, -0.1) is 0 Å². The van der Waals surface area contributed by atoms with E-state index in [2.05, 4.69) is 4.84 Å². The van der Waals surface area contributed by atoms with Crippen molar-refractivity contribution < 1.29 is 14.3 Å². The predicted octanol–water partition coefficient (Wildman–Crippen LogP) is -0.354. The third-order valence-electron chi connectivity index (χ3n) is 1.55. The van der Waals surface area contributed by atoms with E-state index in [-0.39, 0.29) is 12.2 Å². The molecule has 2 atom stereocenters. The maximum Gasteiger partial charge on any atom is 0.0992 e. The van der Waals surface area contributed by atoms with Crippen molar-refractivity contribution in [2.75, 3.05) is 26.4 Å². The number of ether oxygens (including phenoxy) is 2. The molecule has 0 heterocycles. The summed E-state index contributed by atoms with van der Waals surface area (Å²) in [6, 6.07) is 0. The van der Waals surface area contributed by atoms with Gasteiger partial charge < -0.3 is 15.2 Å². The molecule has 0 aromatic rings. The number of rotatable bonds is 8. The van der Waals surface area contributed by atoms with Crippen LogP contribution in [-0.2, 0) is 14.3 Å². The highest BCUT2D eigenvalue weighted by Crippen LogP contribution is 1.90. The van der Waals surface area contributed by atoms with Crippen LogP contribution >= 0.6 is 0 Å². The van der Waals surface area contributed by atoms with E-state index < -0.39 is 0 Å². The Labute approximate surface area is 79.3 Å². The highest BCUT2D eigenvalue weighted by atomic mass is 16.6. The first kappa shape index (κ1) is 12.8. The molecule has 5 nitrogen and oxygen atoms in total. The lowest BCUT2D eigenvalue weighted by Crippen LogP contribution is -2.24. The van der Waals surface area contributed by atoms with Gasteiger partial charge in [0.25, 0.3) is 0 Å². The molecule has 80 valence electrons. The van der Waals surface area contributed by atoms with Gasteiger partial charge in [0.05, 0.1) is 32.0 Å². The molecular weight excluding hydrogens is 172 g/mol. The largest absolute Gasteiger partial charge is 0.376 e. The minimum absolute atomic E-state index is 0.0769. The van der Waals surface area contributed by atoms with Crippen molar-refractivity contribution >= 4 is 0 Å². The highest BCUT2D eigenvalue weighted by Gasteiger charge is 2.00. The average Bonchev–Trinajstić information content (AvgIpc) is 2.16. The fourth-order valence-corrected chi connectivity index (χ4v) is 0.665. The van der Waals surface area contributed by atoms with E-state index in [0.29, 0.717) is 26.4 Å². The zero-order valence-corrected chi connectivity index (χ0v) is 8.36. The van der Waals surface area contributed by atoms with Crippen LogP contribution in [0.1, 0.15) is 13.8 Å². The molecule has 0 amide bonds. The van der Waals surface area contributed by atoms with E-state index in [1.807, 2.05) is 13.8 Å². The van der Waals surface area contributed by atoms with Crippen molar-refractivity contribution in [2.45, 2.75) is 26.1 Å². The summed E-state index contributed by atoms with van der Waals surface area (Å²) >= 11 is 0. The van der Waals surface area contributed by atoms with Gasteiger partial charge in [-0.1, -0.05) is 0 Å². The van der Waals surface area contributed by atoms with Gasteiger partial charge in [0, 0.05) is 6.54 Å². The van der Waals surface area contributed by atoms with Crippen LogP contribution in [0.3, 0.4) is 0 Å².